The van der Waals surface area contributed by atoms with E-state index in [0.29, 0.717) is 5.69 Å². The smallest absolute Gasteiger partial charge is 0.419 e. The molecule has 0 saturated heterocycles. The van der Waals surface area contributed by atoms with Crippen molar-refractivity contribution in [2.24, 2.45) is 0 Å². The van der Waals surface area contributed by atoms with Gasteiger partial charge in [-0.25, -0.2) is 4.79 Å². The van der Waals surface area contributed by atoms with Gasteiger partial charge in [-0.3, -0.25) is 4.98 Å². The van der Waals surface area contributed by atoms with Gasteiger partial charge in [-0.15, -0.1) is 0 Å². The molecule has 2 rings (SSSR count). The fourth-order valence-electron chi connectivity index (χ4n) is 1.58. The van der Waals surface area contributed by atoms with E-state index in [1.54, 1.807) is 0 Å². The summed E-state index contributed by atoms with van der Waals surface area (Å²) in [5, 5.41) is 11.3. The van der Waals surface area contributed by atoms with Crippen molar-refractivity contribution >= 4 is 17.3 Å². The number of carboxylic acid groups (broad SMARTS) is 1. The summed E-state index contributed by atoms with van der Waals surface area (Å²) in [7, 11) is 0. The number of pyridine rings is 1. The van der Waals surface area contributed by atoms with Crippen molar-refractivity contribution in [3.05, 3.63) is 53.9 Å². The molecule has 1 aromatic carbocycles. The number of aromatic nitrogens is 1. The number of carbonyl (C=O) groups is 1. The van der Waals surface area contributed by atoms with Crippen LogP contribution in [-0.4, -0.2) is 16.1 Å². The molecule has 0 aliphatic heterocycles. The quantitative estimate of drug-likeness (QED) is 0.903. The summed E-state index contributed by atoms with van der Waals surface area (Å²) >= 11 is 0. The zero-order valence-electron chi connectivity index (χ0n) is 9.98. The first-order valence-electron chi connectivity index (χ1n) is 5.49. The largest absolute Gasteiger partial charge is 0.478 e. The molecule has 0 saturated carbocycles. The van der Waals surface area contributed by atoms with E-state index in [0.717, 1.165) is 6.20 Å². The standard InChI is InChI=1S/C13H9F3N2O2/c14-13(15,16)10-7-17-6-5-11(10)18-9-3-1-8(2-4-9)12(19)20/h1-7H,(H,17,18)(H,19,20). The molecule has 20 heavy (non-hydrogen) atoms. The molecule has 0 amide bonds. The topological polar surface area (TPSA) is 62.2 Å². The zero-order valence-corrected chi connectivity index (χ0v) is 9.98. The highest BCUT2D eigenvalue weighted by Crippen LogP contribution is 2.35. The lowest BCUT2D eigenvalue weighted by Gasteiger charge is -2.13. The van der Waals surface area contributed by atoms with Crippen molar-refractivity contribution in [1.82, 2.24) is 4.98 Å². The van der Waals surface area contributed by atoms with Crippen LogP contribution in [0.25, 0.3) is 0 Å². The summed E-state index contributed by atoms with van der Waals surface area (Å²) in [6.45, 7) is 0. The molecule has 0 atom stereocenters. The van der Waals surface area contributed by atoms with Gasteiger partial charge in [0.25, 0.3) is 0 Å². The highest BCUT2D eigenvalue weighted by atomic mass is 19.4. The number of alkyl halides is 3. The Bertz CT molecular complexity index is 624. The van der Waals surface area contributed by atoms with Crippen LogP contribution in [0.3, 0.4) is 0 Å². The second-order valence-electron chi connectivity index (χ2n) is 3.93. The van der Waals surface area contributed by atoms with Gasteiger partial charge < -0.3 is 10.4 Å². The predicted octanol–water partition coefficient (Wildman–Crippen LogP) is 3.54. The Morgan fingerprint density at radius 2 is 1.80 bits per heavy atom. The van der Waals surface area contributed by atoms with Crippen molar-refractivity contribution in [1.29, 1.82) is 0 Å². The van der Waals surface area contributed by atoms with Crippen LogP contribution in [0.5, 0.6) is 0 Å². The number of hydrogen-bond acceptors (Lipinski definition) is 3. The Morgan fingerprint density at radius 1 is 1.15 bits per heavy atom. The first-order valence-corrected chi connectivity index (χ1v) is 5.49. The summed E-state index contributed by atoms with van der Waals surface area (Å²) in [6.07, 6.45) is -2.55. The van der Waals surface area contributed by atoms with Crippen LogP contribution in [0, 0.1) is 0 Å². The number of nitrogens with one attached hydrogen (secondary N) is 1. The predicted molar refractivity (Wildman–Crippen MR) is 65.9 cm³/mol. The molecule has 0 aliphatic carbocycles. The number of benzene rings is 1. The molecule has 2 aromatic rings. The van der Waals surface area contributed by atoms with E-state index in [9.17, 15) is 18.0 Å². The Hall–Kier alpha value is -2.57. The van der Waals surface area contributed by atoms with Crippen molar-refractivity contribution in [2.75, 3.05) is 5.32 Å². The molecule has 0 radical (unpaired) electrons. The average molecular weight is 282 g/mol. The molecule has 0 fully saturated rings. The number of nitrogens with zero attached hydrogens (tertiary/aromatic N) is 1. The molecule has 1 aromatic heterocycles. The molecular weight excluding hydrogens is 273 g/mol. The van der Waals surface area contributed by atoms with E-state index in [1.807, 2.05) is 0 Å². The van der Waals surface area contributed by atoms with Crippen LogP contribution in [0.4, 0.5) is 24.5 Å². The monoisotopic (exact) mass is 282 g/mol. The minimum absolute atomic E-state index is 0.0568. The SMILES string of the molecule is O=C(O)c1ccc(Nc2ccncc2C(F)(F)F)cc1. The summed E-state index contributed by atoms with van der Waals surface area (Å²) in [6, 6.07) is 6.60. The second kappa shape index (κ2) is 5.20. The number of carboxylic acids is 1. The molecule has 1 heterocycles. The van der Waals surface area contributed by atoms with Crippen molar-refractivity contribution in [3.63, 3.8) is 0 Å². The molecule has 7 heteroatoms. The molecule has 0 spiro atoms. The van der Waals surface area contributed by atoms with Gasteiger partial charge in [0.1, 0.15) is 0 Å². The molecule has 0 aliphatic rings. The third-order valence-corrected chi connectivity index (χ3v) is 2.54. The fraction of sp³-hybridized carbons (Fsp3) is 0.0769. The Balaban J connectivity index is 2.28. The number of rotatable bonds is 3. The van der Waals surface area contributed by atoms with Crippen molar-refractivity contribution < 1.29 is 23.1 Å². The lowest BCUT2D eigenvalue weighted by molar-refractivity contribution is -0.137. The summed E-state index contributed by atoms with van der Waals surface area (Å²) in [5.41, 5.74) is -0.620. The normalized spacial score (nSPS) is 11.2. The van der Waals surface area contributed by atoms with E-state index in [-0.39, 0.29) is 11.3 Å². The van der Waals surface area contributed by atoms with Crippen LogP contribution in [-0.2, 0) is 6.18 Å². The third kappa shape index (κ3) is 3.05. The summed E-state index contributed by atoms with van der Waals surface area (Å²) < 4.78 is 38.3. The average Bonchev–Trinajstić information content (AvgIpc) is 2.38. The minimum Gasteiger partial charge on any atom is -0.478 e. The highest BCUT2D eigenvalue weighted by Gasteiger charge is 2.33. The van der Waals surface area contributed by atoms with Gasteiger partial charge in [-0.05, 0) is 30.3 Å². The van der Waals surface area contributed by atoms with Crippen LogP contribution in [0.15, 0.2) is 42.7 Å². The maximum Gasteiger partial charge on any atom is 0.419 e. The third-order valence-electron chi connectivity index (χ3n) is 2.54. The van der Waals surface area contributed by atoms with E-state index in [1.165, 1.54) is 36.5 Å². The molecular formula is C13H9F3N2O2. The van der Waals surface area contributed by atoms with E-state index in [4.69, 9.17) is 5.11 Å². The summed E-state index contributed by atoms with van der Waals surface area (Å²) in [5.74, 6) is -1.10. The first-order chi connectivity index (χ1) is 9.38. The second-order valence-corrected chi connectivity index (χ2v) is 3.93. The van der Waals surface area contributed by atoms with Crippen LogP contribution >= 0.6 is 0 Å². The number of halogens is 3. The van der Waals surface area contributed by atoms with Gasteiger partial charge in [-0.1, -0.05) is 0 Å². The zero-order chi connectivity index (χ0) is 14.8. The molecule has 2 N–H and O–H groups in total. The highest BCUT2D eigenvalue weighted by molar-refractivity contribution is 5.88. The summed E-state index contributed by atoms with van der Waals surface area (Å²) in [4.78, 5) is 14.1. The number of anilines is 2. The Kier molecular flexibility index (Phi) is 3.60. The van der Waals surface area contributed by atoms with E-state index in [2.05, 4.69) is 10.3 Å². The Labute approximate surface area is 111 Å². The van der Waals surface area contributed by atoms with Gasteiger partial charge in [-0.2, -0.15) is 13.2 Å². The van der Waals surface area contributed by atoms with E-state index >= 15 is 0 Å². The van der Waals surface area contributed by atoms with Gasteiger partial charge in [0.15, 0.2) is 0 Å². The van der Waals surface area contributed by atoms with Crippen LogP contribution in [0.1, 0.15) is 15.9 Å². The first kappa shape index (κ1) is 13.9. The molecule has 4 nitrogen and oxygen atoms in total. The van der Waals surface area contributed by atoms with Gasteiger partial charge in [0, 0.05) is 18.1 Å². The van der Waals surface area contributed by atoms with Gasteiger partial charge in [0.05, 0.1) is 16.8 Å². The van der Waals surface area contributed by atoms with Crippen molar-refractivity contribution in [2.45, 2.75) is 6.18 Å². The van der Waals surface area contributed by atoms with Crippen LogP contribution < -0.4 is 5.32 Å². The number of hydrogen-bond donors (Lipinski definition) is 2. The lowest BCUT2D eigenvalue weighted by atomic mass is 10.2. The van der Waals surface area contributed by atoms with E-state index < -0.39 is 17.7 Å². The molecule has 0 unspecified atom stereocenters. The van der Waals surface area contributed by atoms with Gasteiger partial charge in [0.2, 0.25) is 0 Å². The fourth-order valence-corrected chi connectivity index (χ4v) is 1.58. The molecule has 0 bridgehead atoms. The maximum atomic E-state index is 12.8. The number of aromatic carboxylic acids is 1. The van der Waals surface area contributed by atoms with Crippen LogP contribution in [0.2, 0.25) is 0 Å². The Morgan fingerprint density at radius 3 is 2.35 bits per heavy atom. The lowest BCUT2D eigenvalue weighted by Crippen LogP contribution is -2.09. The van der Waals surface area contributed by atoms with Gasteiger partial charge >= 0.3 is 12.1 Å². The van der Waals surface area contributed by atoms with Crippen molar-refractivity contribution in [3.8, 4) is 0 Å². The molecule has 104 valence electrons. The maximum absolute atomic E-state index is 12.8. The minimum atomic E-state index is -4.52.